The highest BCUT2D eigenvalue weighted by molar-refractivity contribution is 6.28. The Hall–Kier alpha value is -1.44. The SMILES string of the molecule is COC[C@H]1O[C@@H](n2cnc3c(N)nc(Cl)nc32)C[C@@H]1C. The van der Waals surface area contributed by atoms with Crippen LogP contribution in [-0.4, -0.2) is 39.3 Å². The van der Waals surface area contributed by atoms with E-state index in [1.165, 1.54) is 0 Å². The summed E-state index contributed by atoms with van der Waals surface area (Å²) >= 11 is 5.86. The fraction of sp³-hybridized carbons (Fsp3) is 0.583. The maximum Gasteiger partial charge on any atom is 0.226 e. The topological polar surface area (TPSA) is 88.1 Å². The number of nitrogens with zero attached hydrogens (tertiary/aromatic N) is 4. The summed E-state index contributed by atoms with van der Waals surface area (Å²) in [5, 5.41) is 0.108. The lowest BCUT2D eigenvalue weighted by Gasteiger charge is -2.15. The van der Waals surface area contributed by atoms with Crippen molar-refractivity contribution >= 4 is 28.6 Å². The van der Waals surface area contributed by atoms with Gasteiger partial charge >= 0.3 is 0 Å². The zero-order valence-electron chi connectivity index (χ0n) is 11.3. The minimum Gasteiger partial charge on any atom is -0.382 e. The Kier molecular flexibility index (Phi) is 3.49. The van der Waals surface area contributed by atoms with E-state index >= 15 is 0 Å². The van der Waals surface area contributed by atoms with Gasteiger partial charge in [0.05, 0.1) is 19.0 Å². The predicted octanol–water partition coefficient (Wildman–Crippen LogP) is 1.63. The van der Waals surface area contributed by atoms with Crippen LogP contribution in [-0.2, 0) is 9.47 Å². The minimum absolute atomic E-state index is 0.0668. The van der Waals surface area contributed by atoms with Gasteiger partial charge in [0.1, 0.15) is 11.7 Å². The molecule has 0 aromatic carbocycles. The van der Waals surface area contributed by atoms with Gasteiger partial charge in [-0.15, -0.1) is 0 Å². The second kappa shape index (κ2) is 5.16. The third-order valence-corrected chi connectivity index (χ3v) is 3.77. The Morgan fingerprint density at radius 3 is 3.10 bits per heavy atom. The van der Waals surface area contributed by atoms with Gasteiger partial charge in [0, 0.05) is 7.11 Å². The van der Waals surface area contributed by atoms with Gasteiger partial charge < -0.3 is 15.2 Å². The summed E-state index contributed by atoms with van der Waals surface area (Å²) in [7, 11) is 1.67. The second-order valence-electron chi connectivity index (χ2n) is 5.00. The lowest BCUT2D eigenvalue weighted by atomic mass is 10.0. The number of anilines is 1. The number of imidazole rings is 1. The quantitative estimate of drug-likeness (QED) is 0.866. The van der Waals surface area contributed by atoms with E-state index in [1.54, 1.807) is 13.4 Å². The van der Waals surface area contributed by atoms with E-state index in [9.17, 15) is 0 Å². The molecule has 2 aromatic heterocycles. The summed E-state index contributed by atoms with van der Waals surface area (Å²) < 4.78 is 13.0. The molecule has 0 bridgehead atoms. The average Bonchev–Trinajstić information content (AvgIpc) is 2.94. The summed E-state index contributed by atoms with van der Waals surface area (Å²) in [4.78, 5) is 12.3. The van der Waals surface area contributed by atoms with Crippen LogP contribution in [0.3, 0.4) is 0 Å². The predicted molar refractivity (Wildman–Crippen MR) is 74.3 cm³/mol. The molecule has 3 heterocycles. The minimum atomic E-state index is -0.138. The van der Waals surface area contributed by atoms with E-state index < -0.39 is 0 Å². The molecule has 20 heavy (non-hydrogen) atoms. The molecule has 1 aliphatic rings. The van der Waals surface area contributed by atoms with Crippen molar-refractivity contribution in [2.24, 2.45) is 5.92 Å². The average molecular weight is 298 g/mol. The van der Waals surface area contributed by atoms with Gasteiger partial charge in [0.15, 0.2) is 11.5 Å². The number of nitrogen functional groups attached to an aromatic ring is 1. The van der Waals surface area contributed by atoms with Crippen molar-refractivity contribution in [2.75, 3.05) is 19.5 Å². The molecule has 108 valence electrons. The maximum atomic E-state index is 6.00. The number of methoxy groups -OCH3 is 1. The number of aromatic nitrogens is 4. The van der Waals surface area contributed by atoms with Gasteiger partial charge in [-0.25, -0.2) is 4.98 Å². The van der Waals surface area contributed by atoms with Crippen LogP contribution in [0, 0.1) is 5.92 Å². The van der Waals surface area contributed by atoms with E-state index in [0.29, 0.717) is 23.7 Å². The molecule has 0 aliphatic carbocycles. The Morgan fingerprint density at radius 2 is 2.35 bits per heavy atom. The molecule has 0 radical (unpaired) electrons. The van der Waals surface area contributed by atoms with Crippen LogP contribution in [0.4, 0.5) is 5.82 Å². The van der Waals surface area contributed by atoms with Gasteiger partial charge in [-0.2, -0.15) is 9.97 Å². The van der Waals surface area contributed by atoms with Crippen LogP contribution in [0.15, 0.2) is 6.33 Å². The molecule has 2 N–H and O–H groups in total. The zero-order valence-corrected chi connectivity index (χ0v) is 12.0. The lowest BCUT2D eigenvalue weighted by Crippen LogP contribution is -2.20. The molecule has 1 saturated heterocycles. The molecular weight excluding hydrogens is 282 g/mol. The number of ether oxygens (including phenoxy) is 2. The van der Waals surface area contributed by atoms with E-state index in [-0.39, 0.29) is 23.4 Å². The molecule has 3 rings (SSSR count). The highest BCUT2D eigenvalue weighted by Gasteiger charge is 2.34. The zero-order chi connectivity index (χ0) is 14.3. The fourth-order valence-electron chi connectivity index (χ4n) is 2.53. The fourth-order valence-corrected chi connectivity index (χ4v) is 2.70. The first-order valence-corrected chi connectivity index (χ1v) is 6.78. The summed E-state index contributed by atoms with van der Waals surface area (Å²) in [6.45, 7) is 2.71. The van der Waals surface area contributed by atoms with Crippen molar-refractivity contribution in [3.05, 3.63) is 11.6 Å². The molecule has 8 heteroatoms. The number of hydrogen-bond acceptors (Lipinski definition) is 6. The smallest absolute Gasteiger partial charge is 0.226 e. The summed E-state index contributed by atoms with van der Waals surface area (Å²) in [6, 6.07) is 0. The monoisotopic (exact) mass is 297 g/mol. The van der Waals surface area contributed by atoms with Crippen molar-refractivity contribution in [1.82, 2.24) is 19.5 Å². The second-order valence-corrected chi connectivity index (χ2v) is 5.34. The molecular formula is C12H16ClN5O2. The molecule has 0 spiro atoms. The van der Waals surface area contributed by atoms with Crippen LogP contribution in [0.1, 0.15) is 19.6 Å². The van der Waals surface area contributed by atoms with Gasteiger partial charge in [-0.05, 0) is 23.9 Å². The standard InChI is InChI=1S/C12H16ClN5O2/c1-6-3-8(20-7(6)4-19-2)18-5-15-9-10(14)16-12(13)17-11(9)18/h5-8H,3-4H2,1-2H3,(H2,14,16,17)/t6-,7+,8+/m0/s1. The van der Waals surface area contributed by atoms with Crippen molar-refractivity contribution in [3.63, 3.8) is 0 Å². The molecule has 3 atom stereocenters. The number of fused-ring (bicyclic) bond motifs is 1. The van der Waals surface area contributed by atoms with Gasteiger partial charge in [-0.3, -0.25) is 4.57 Å². The van der Waals surface area contributed by atoms with E-state index in [4.69, 9.17) is 26.8 Å². The molecule has 1 aliphatic heterocycles. The Bertz CT molecular complexity index is 632. The third kappa shape index (κ3) is 2.21. The van der Waals surface area contributed by atoms with Gasteiger partial charge in [0.25, 0.3) is 0 Å². The van der Waals surface area contributed by atoms with Crippen LogP contribution < -0.4 is 5.73 Å². The third-order valence-electron chi connectivity index (χ3n) is 3.60. The number of nitrogens with two attached hydrogens (primary N) is 1. The molecule has 1 fully saturated rings. The van der Waals surface area contributed by atoms with Gasteiger partial charge in [0.2, 0.25) is 5.28 Å². The Morgan fingerprint density at radius 1 is 1.55 bits per heavy atom. The van der Waals surface area contributed by atoms with Crippen molar-refractivity contribution in [3.8, 4) is 0 Å². The van der Waals surface area contributed by atoms with Crippen LogP contribution in [0.25, 0.3) is 11.2 Å². The van der Waals surface area contributed by atoms with Crippen molar-refractivity contribution in [2.45, 2.75) is 25.7 Å². The first-order chi connectivity index (χ1) is 9.60. The van der Waals surface area contributed by atoms with E-state index in [1.807, 2.05) is 4.57 Å². The van der Waals surface area contributed by atoms with Gasteiger partial charge in [-0.1, -0.05) is 6.92 Å². The van der Waals surface area contributed by atoms with Crippen LogP contribution in [0.5, 0.6) is 0 Å². The molecule has 0 saturated carbocycles. The Labute approximate surface area is 121 Å². The normalized spacial score (nSPS) is 26.4. The highest BCUT2D eigenvalue weighted by atomic mass is 35.5. The summed E-state index contributed by atoms with van der Waals surface area (Å²) in [5.41, 5.74) is 6.94. The number of hydrogen-bond donors (Lipinski definition) is 1. The number of rotatable bonds is 3. The molecule has 0 amide bonds. The molecule has 0 unspecified atom stereocenters. The number of halogens is 1. The van der Waals surface area contributed by atoms with E-state index in [0.717, 1.165) is 6.42 Å². The maximum absolute atomic E-state index is 6.00. The van der Waals surface area contributed by atoms with Crippen LogP contribution in [0.2, 0.25) is 5.28 Å². The van der Waals surface area contributed by atoms with E-state index in [2.05, 4.69) is 21.9 Å². The largest absolute Gasteiger partial charge is 0.382 e. The summed E-state index contributed by atoms with van der Waals surface area (Å²) in [5.74, 6) is 0.672. The van der Waals surface area contributed by atoms with Crippen molar-refractivity contribution in [1.29, 1.82) is 0 Å². The first kappa shape index (κ1) is 13.5. The van der Waals surface area contributed by atoms with Crippen LogP contribution >= 0.6 is 11.6 Å². The summed E-state index contributed by atoms with van der Waals surface area (Å²) in [6.07, 6.45) is 2.46. The first-order valence-electron chi connectivity index (χ1n) is 6.40. The highest BCUT2D eigenvalue weighted by Crippen LogP contribution is 2.35. The Balaban J connectivity index is 1.95. The molecule has 2 aromatic rings. The van der Waals surface area contributed by atoms with Crippen molar-refractivity contribution < 1.29 is 9.47 Å². The lowest BCUT2D eigenvalue weighted by molar-refractivity contribution is -0.0372. The molecule has 7 nitrogen and oxygen atoms in total.